The molecular weight excluding hydrogens is 1120 g/mol. The maximum Gasteiger partial charge on any atom is 0.272 e. The highest BCUT2D eigenvalue weighted by atomic mass is 15.8. The van der Waals surface area contributed by atoms with Crippen LogP contribution in [-0.2, 0) is 0 Å². The van der Waals surface area contributed by atoms with E-state index in [9.17, 15) is 0 Å². The molecule has 2 fully saturated rings. The fourth-order valence-electron chi connectivity index (χ4n) is 15.5. The van der Waals surface area contributed by atoms with Crippen LogP contribution in [0.1, 0.15) is 189 Å². The fourth-order valence-corrected chi connectivity index (χ4v) is 15.5. The third-order valence-corrected chi connectivity index (χ3v) is 19.0. The Morgan fingerprint density at radius 3 is 1.25 bits per heavy atom. The van der Waals surface area contributed by atoms with Gasteiger partial charge in [0.05, 0.1) is 22.8 Å². The molecule has 4 atom stereocenters. The van der Waals surface area contributed by atoms with Gasteiger partial charge in [-0.15, -0.1) is 0 Å². The van der Waals surface area contributed by atoms with E-state index in [1.54, 1.807) is 0 Å². The van der Waals surface area contributed by atoms with E-state index in [4.69, 9.17) is 5.10 Å². The molecule has 6 heterocycles. The zero-order chi connectivity index (χ0) is 65.7. The van der Waals surface area contributed by atoms with Gasteiger partial charge in [-0.1, -0.05) is 153 Å². The van der Waals surface area contributed by atoms with Gasteiger partial charge < -0.3 is 14.7 Å². The number of hydrazine groups is 4. The minimum atomic E-state index is 0.474. The highest BCUT2D eigenvalue weighted by Crippen LogP contribution is 2.39. The molecule has 13 nitrogen and oxygen atoms in total. The fraction of sp³-hybridized carbons (Fsp3) is 0.474. The maximum atomic E-state index is 4.79. The van der Waals surface area contributed by atoms with Gasteiger partial charge in [-0.3, -0.25) is 15.0 Å². The number of para-hydroxylation sites is 1. The number of nitrogens with one attached hydrogen (secondary N) is 1. The van der Waals surface area contributed by atoms with Crippen LogP contribution in [0.4, 0.5) is 28.4 Å². The van der Waals surface area contributed by atoms with Gasteiger partial charge >= 0.3 is 0 Å². The van der Waals surface area contributed by atoms with Crippen LogP contribution in [0, 0.1) is 83.1 Å². The first kappa shape index (κ1) is 67.8. The van der Waals surface area contributed by atoms with Gasteiger partial charge in [0.15, 0.2) is 5.84 Å². The average Bonchev–Trinajstić information content (AvgIpc) is 1.75. The molecule has 2 saturated heterocycles. The van der Waals surface area contributed by atoms with Gasteiger partial charge in [0, 0.05) is 89.2 Å². The molecule has 0 amide bonds. The number of amidine groups is 1. The molecule has 0 radical (unpaired) electrons. The summed E-state index contributed by atoms with van der Waals surface area (Å²) in [5.41, 5.74) is 29.3. The lowest BCUT2D eigenvalue weighted by Gasteiger charge is -2.48. The highest BCUT2D eigenvalue weighted by molar-refractivity contribution is 6.11. The lowest BCUT2D eigenvalue weighted by molar-refractivity contribution is -0.560. The second-order valence-electron chi connectivity index (χ2n) is 27.9. The van der Waals surface area contributed by atoms with Gasteiger partial charge in [-0.2, -0.15) is 5.10 Å². The first-order valence-corrected chi connectivity index (χ1v) is 33.9. The molecule has 6 aliphatic heterocycles. The van der Waals surface area contributed by atoms with Crippen molar-refractivity contribution >= 4 is 34.3 Å². The summed E-state index contributed by atoms with van der Waals surface area (Å²) in [6, 6.07) is 37.7. The predicted molar refractivity (Wildman–Crippen MR) is 384 cm³/mol. The number of nitrogens with zero attached hydrogens (tertiary/aromatic N) is 12. The molecule has 0 aliphatic carbocycles. The Hall–Kier alpha value is -7.61. The van der Waals surface area contributed by atoms with Gasteiger partial charge in [0.25, 0.3) is 5.69 Å². The van der Waals surface area contributed by atoms with E-state index >= 15 is 0 Å². The SMILES string of the molecule is CC(C)c1cccc(C(C)C)c1N1CN(C)N=C1c1ccccc1.CC1CCCC(C)N1N1C=CN(N2C(C)CCCC2C)C1.Cc1cc(C)c(N2C=CN(c3c(C)cc(C)cc3C)C2)c(C)c1.Cc1cc(C)c(N2CN=[N+](c3c(C)cc(C)cc3C)N2)c(C)c1. The molecule has 6 aromatic rings. The third kappa shape index (κ3) is 15.5. The molecule has 12 rings (SSSR count). The Kier molecular flexibility index (Phi) is 21.9. The molecular formula is C78H110N13+. The van der Waals surface area contributed by atoms with E-state index in [1.807, 2.05) is 16.9 Å². The molecule has 91 heavy (non-hydrogen) atoms. The van der Waals surface area contributed by atoms with Crippen LogP contribution < -0.4 is 25.2 Å². The Morgan fingerprint density at radius 2 is 0.846 bits per heavy atom. The number of hydrogen-bond donors (Lipinski definition) is 1. The Balaban J connectivity index is 0.000000144. The average molecular weight is 1230 g/mol. The zero-order valence-electron chi connectivity index (χ0n) is 59.4. The van der Waals surface area contributed by atoms with Gasteiger partial charge in [-0.05, 0) is 205 Å². The van der Waals surface area contributed by atoms with E-state index in [2.05, 4.69) is 311 Å². The van der Waals surface area contributed by atoms with Gasteiger partial charge in [0.1, 0.15) is 13.3 Å². The number of aryl methyl sites for hydroxylation is 12. The molecule has 0 aromatic heterocycles. The molecule has 6 aromatic carbocycles. The Bertz CT molecular complexity index is 3400. The lowest BCUT2D eigenvalue weighted by Crippen LogP contribution is -2.56. The first-order valence-electron chi connectivity index (χ1n) is 33.9. The minimum Gasteiger partial charge on any atom is -0.328 e. The van der Waals surface area contributed by atoms with E-state index in [0.717, 1.165) is 37.1 Å². The number of benzene rings is 6. The van der Waals surface area contributed by atoms with Crippen LogP contribution >= 0.6 is 0 Å². The summed E-state index contributed by atoms with van der Waals surface area (Å²) in [5, 5.41) is 23.7. The standard InChI is InChI=1S/C21H27N3.C21H26N2.C19H25N4.C17H32N4/c1-15(2)18-12-9-13-19(16(3)4)20(18)24-14-23(5)22-21(24)17-10-7-6-8-11-17;1-14-9-16(3)20(17(4)10-14)22-7-8-23(13-22)21-18(5)11-15(2)12-19(21)6;1-12-7-14(3)18(15(4)8-12)22-11-20-23(21-22)19-16(5)9-13(2)10-17(19)6;1-14-7-5-8-15(2)20(14)18-11-12-19(13-18)21-16(3)9-6-10-17(21)4/h6-13,15-16H,14H2,1-5H3;7-12H,13H2,1-6H3;7-10H,11H2,1-6H3,(H,20,21);11-12,14-17H,5-10,13H2,1-4H3/q;;+1;. The highest BCUT2D eigenvalue weighted by Gasteiger charge is 2.36. The molecule has 0 bridgehead atoms. The van der Waals surface area contributed by atoms with E-state index < -0.39 is 0 Å². The number of anilines is 4. The van der Waals surface area contributed by atoms with Crippen LogP contribution in [0.15, 0.2) is 132 Å². The van der Waals surface area contributed by atoms with Crippen molar-refractivity contribution in [3.05, 3.63) is 205 Å². The third-order valence-electron chi connectivity index (χ3n) is 19.0. The first-order chi connectivity index (χ1) is 43.3. The van der Waals surface area contributed by atoms with Crippen LogP contribution in [0.25, 0.3) is 0 Å². The zero-order valence-corrected chi connectivity index (χ0v) is 59.4. The smallest absolute Gasteiger partial charge is 0.272 e. The number of azo groups is 1. The van der Waals surface area contributed by atoms with E-state index in [1.165, 1.54) is 139 Å². The number of hydrazone groups is 1. The molecule has 486 valence electrons. The largest absolute Gasteiger partial charge is 0.328 e. The number of piperidine rings is 2. The number of hydrogen-bond acceptors (Lipinski definition) is 12. The van der Waals surface area contributed by atoms with Gasteiger partial charge in [0.2, 0.25) is 6.67 Å². The van der Waals surface area contributed by atoms with Crippen molar-refractivity contribution in [2.24, 2.45) is 10.2 Å². The second kappa shape index (κ2) is 29.3. The Morgan fingerprint density at radius 1 is 0.451 bits per heavy atom. The lowest BCUT2D eigenvalue weighted by atomic mass is 9.91. The quantitative estimate of drug-likeness (QED) is 0.134. The molecule has 1 N–H and O–H groups in total. The van der Waals surface area contributed by atoms with Crippen molar-refractivity contribution in [1.82, 2.24) is 30.6 Å². The molecule has 0 spiro atoms. The summed E-state index contributed by atoms with van der Waals surface area (Å²) in [6.07, 6.45) is 17.0. The summed E-state index contributed by atoms with van der Waals surface area (Å²) in [5.74, 6) is 1.98. The Labute approximate surface area is 548 Å². The maximum absolute atomic E-state index is 4.79. The van der Waals surface area contributed by atoms with Crippen molar-refractivity contribution in [1.29, 1.82) is 0 Å². The van der Waals surface area contributed by atoms with E-state index in [0.29, 0.717) is 42.7 Å². The van der Waals surface area contributed by atoms with Crippen molar-refractivity contribution in [2.45, 2.75) is 213 Å². The van der Waals surface area contributed by atoms with Crippen LogP contribution in [0.2, 0.25) is 0 Å². The normalized spacial score (nSPS) is 20.0. The molecule has 13 heteroatoms. The second-order valence-corrected chi connectivity index (χ2v) is 27.9. The summed E-state index contributed by atoms with van der Waals surface area (Å²) >= 11 is 0. The summed E-state index contributed by atoms with van der Waals surface area (Å²) < 4.78 is 0. The molecule has 6 aliphatic rings. The summed E-state index contributed by atoms with van der Waals surface area (Å²) in [4.78, 5) is 8.98. The van der Waals surface area contributed by atoms with Crippen LogP contribution in [0.3, 0.4) is 0 Å². The van der Waals surface area contributed by atoms with Crippen molar-refractivity contribution in [3.63, 3.8) is 0 Å². The van der Waals surface area contributed by atoms with Gasteiger partial charge in [-0.25, -0.2) is 15.0 Å². The summed E-state index contributed by atoms with van der Waals surface area (Å²) in [7, 11) is 2.04. The van der Waals surface area contributed by atoms with Crippen LogP contribution in [0.5, 0.6) is 0 Å². The number of rotatable bonds is 10. The van der Waals surface area contributed by atoms with Crippen molar-refractivity contribution in [2.75, 3.05) is 53.4 Å². The topological polar surface area (TPSA) is 68.9 Å². The van der Waals surface area contributed by atoms with Crippen LogP contribution in [-0.4, -0.2) is 93.6 Å². The van der Waals surface area contributed by atoms with Crippen molar-refractivity contribution < 1.29 is 4.81 Å². The molecule has 0 saturated carbocycles. The monoisotopic (exact) mass is 1230 g/mol. The molecule has 4 unspecified atom stereocenters. The minimum absolute atomic E-state index is 0.474. The summed E-state index contributed by atoms with van der Waals surface area (Å²) in [6.45, 7) is 47.8. The van der Waals surface area contributed by atoms with Crippen molar-refractivity contribution in [3.8, 4) is 0 Å². The predicted octanol–water partition coefficient (Wildman–Crippen LogP) is 18.2. The van der Waals surface area contributed by atoms with E-state index in [-0.39, 0.29) is 0 Å².